The fourth-order valence-electron chi connectivity index (χ4n) is 0.937. The number of hydrogen-bond acceptors (Lipinski definition) is 2. The van der Waals surface area contributed by atoms with Crippen molar-refractivity contribution >= 4 is 5.91 Å². The molecule has 0 unspecified atom stereocenters. The van der Waals surface area contributed by atoms with Crippen LogP contribution < -0.4 is 5.32 Å². The van der Waals surface area contributed by atoms with E-state index in [0.717, 1.165) is 5.56 Å². The Hall–Kier alpha value is -1.64. The van der Waals surface area contributed by atoms with Crippen molar-refractivity contribution in [2.24, 2.45) is 0 Å². The van der Waals surface area contributed by atoms with Gasteiger partial charge in [-0.25, -0.2) is 0 Å². The monoisotopic (exact) mass is 176 g/mol. The number of nitrogens with zero attached hydrogens (tertiary/aromatic N) is 1. The molecule has 3 nitrogen and oxygen atoms in total. The molecule has 1 heterocycles. The number of amides is 1. The maximum Gasteiger partial charge on any atom is 0.224 e. The zero-order valence-corrected chi connectivity index (χ0v) is 7.36. The predicted molar refractivity (Wildman–Crippen MR) is 51.1 cm³/mol. The first kappa shape index (κ1) is 9.45. The van der Waals surface area contributed by atoms with Gasteiger partial charge in [-0.1, -0.05) is 12.1 Å². The Bertz CT molecular complexity index is 282. The number of pyridine rings is 1. The van der Waals surface area contributed by atoms with E-state index in [0.29, 0.717) is 13.0 Å². The van der Waals surface area contributed by atoms with Crippen LogP contribution in [0.5, 0.6) is 0 Å². The molecule has 1 aromatic heterocycles. The Morgan fingerprint density at radius 2 is 2.54 bits per heavy atom. The molecule has 0 aromatic carbocycles. The Balaban J connectivity index is 2.41. The summed E-state index contributed by atoms with van der Waals surface area (Å²) in [4.78, 5) is 15.1. The maximum absolute atomic E-state index is 11.2. The Morgan fingerprint density at radius 3 is 3.15 bits per heavy atom. The van der Waals surface area contributed by atoms with Gasteiger partial charge in [0.2, 0.25) is 5.91 Å². The molecule has 0 bridgehead atoms. The van der Waals surface area contributed by atoms with Gasteiger partial charge in [0.1, 0.15) is 0 Å². The third-order valence-corrected chi connectivity index (χ3v) is 1.53. The summed E-state index contributed by atoms with van der Waals surface area (Å²) in [7, 11) is 0. The first-order valence-corrected chi connectivity index (χ1v) is 4.09. The molecule has 0 atom stereocenters. The number of carbonyl (C=O) groups excluding carboxylic acids is 1. The molecule has 0 saturated heterocycles. The summed E-state index contributed by atoms with van der Waals surface area (Å²) in [6.07, 6.45) is 5.40. The van der Waals surface area contributed by atoms with Gasteiger partial charge >= 0.3 is 0 Å². The second kappa shape index (κ2) is 5.09. The van der Waals surface area contributed by atoms with Crippen LogP contribution in [0.15, 0.2) is 37.2 Å². The lowest BCUT2D eigenvalue weighted by Crippen LogP contribution is -2.24. The highest BCUT2D eigenvalue weighted by atomic mass is 16.1. The molecule has 13 heavy (non-hydrogen) atoms. The van der Waals surface area contributed by atoms with Crippen LogP contribution in [0, 0.1) is 0 Å². The summed E-state index contributed by atoms with van der Waals surface area (Å²) in [5.41, 5.74) is 0.920. The smallest absolute Gasteiger partial charge is 0.224 e. The number of nitrogens with one attached hydrogen (secondary N) is 1. The van der Waals surface area contributed by atoms with E-state index in [9.17, 15) is 4.79 Å². The largest absolute Gasteiger partial charge is 0.352 e. The van der Waals surface area contributed by atoms with Crippen LogP contribution in [-0.4, -0.2) is 17.4 Å². The van der Waals surface area contributed by atoms with Gasteiger partial charge in [0, 0.05) is 18.9 Å². The summed E-state index contributed by atoms with van der Waals surface area (Å²) in [6.45, 7) is 4.03. The number of rotatable bonds is 4. The van der Waals surface area contributed by atoms with Gasteiger partial charge < -0.3 is 5.32 Å². The predicted octanol–water partition coefficient (Wildman–Crippen LogP) is 0.926. The van der Waals surface area contributed by atoms with Crippen LogP contribution in [0.2, 0.25) is 0 Å². The molecule has 0 radical (unpaired) electrons. The first-order chi connectivity index (χ1) is 6.33. The number of carbonyl (C=O) groups is 1. The quantitative estimate of drug-likeness (QED) is 0.693. The van der Waals surface area contributed by atoms with E-state index in [2.05, 4.69) is 16.9 Å². The van der Waals surface area contributed by atoms with Crippen LogP contribution in [0.3, 0.4) is 0 Å². The lowest BCUT2D eigenvalue weighted by molar-refractivity contribution is -0.120. The molecule has 1 rings (SSSR count). The van der Waals surface area contributed by atoms with Crippen molar-refractivity contribution in [3.8, 4) is 0 Å². The molecule has 0 aliphatic carbocycles. The van der Waals surface area contributed by atoms with Gasteiger partial charge in [0.15, 0.2) is 0 Å². The Kier molecular flexibility index (Phi) is 3.70. The summed E-state index contributed by atoms with van der Waals surface area (Å²) < 4.78 is 0. The molecule has 0 fully saturated rings. The van der Waals surface area contributed by atoms with Crippen molar-refractivity contribution in [2.75, 3.05) is 6.54 Å². The van der Waals surface area contributed by atoms with Crippen LogP contribution in [0.4, 0.5) is 0 Å². The molecule has 1 amide bonds. The fourth-order valence-corrected chi connectivity index (χ4v) is 0.937. The molecule has 0 aliphatic rings. The van der Waals surface area contributed by atoms with Crippen molar-refractivity contribution in [3.63, 3.8) is 0 Å². The zero-order chi connectivity index (χ0) is 9.52. The SMILES string of the molecule is C=CCNC(=O)Cc1cccnc1. The van der Waals surface area contributed by atoms with Crippen LogP contribution >= 0.6 is 0 Å². The molecular formula is C10H12N2O. The fraction of sp³-hybridized carbons (Fsp3) is 0.200. The molecule has 1 N–H and O–H groups in total. The van der Waals surface area contributed by atoms with E-state index in [1.807, 2.05) is 12.1 Å². The van der Waals surface area contributed by atoms with Gasteiger partial charge in [-0.05, 0) is 11.6 Å². The van der Waals surface area contributed by atoms with Crippen molar-refractivity contribution < 1.29 is 4.79 Å². The summed E-state index contributed by atoms with van der Waals surface area (Å²) in [5.74, 6) is -0.00657. The van der Waals surface area contributed by atoms with Crippen LogP contribution in [-0.2, 0) is 11.2 Å². The lowest BCUT2D eigenvalue weighted by Gasteiger charge is -2.00. The molecule has 0 aliphatic heterocycles. The molecule has 0 spiro atoms. The van der Waals surface area contributed by atoms with Crippen molar-refractivity contribution in [3.05, 3.63) is 42.7 Å². The first-order valence-electron chi connectivity index (χ1n) is 4.09. The zero-order valence-electron chi connectivity index (χ0n) is 7.36. The number of aromatic nitrogens is 1. The van der Waals surface area contributed by atoms with Gasteiger partial charge in [0.25, 0.3) is 0 Å². The van der Waals surface area contributed by atoms with E-state index in [-0.39, 0.29) is 5.91 Å². The highest BCUT2D eigenvalue weighted by Crippen LogP contribution is 1.95. The van der Waals surface area contributed by atoms with Gasteiger partial charge in [-0.2, -0.15) is 0 Å². The van der Waals surface area contributed by atoms with Crippen molar-refractivity contribution in [1.29, 1.82) is 0 Å². The van der Waals surface area contributed by atoms with E-state index in [1.54, 1.807) is 18.5 Å². The minimum Gasteiger partial charge on any atom is -0.352 e. The van der Waals surface area contributed by atoms with Crippen molar-refractivity contribution in [2.45, 2.75) is 6.42 Å². The standard InChI is InChI=1S/C10H12N2O/c1-2-5-12-10(13)7-9-4-3-6-11-8-9/h2-4,6,8H,1,5,7H2,(H,12,13). The average Bonchev–Trinajstić information content (AvgIpc) is 2.16. The minimum atomic E-state index is -0.00657. The third-order valence-electron chi connectivity index (χ3n) is 1.53. The van der Waals surface area contributed by atoms with Crippen LogP contribution in [0.1, 0.15) is 5.56 Å². The van der Waals surface area contributed by atoms with Crippen molar-refractivity contribution in [1.82, 2.24) is 10.3 Å². The molecule has 3 heteroatoms. The van der Waals surface area contributed by atoms with Gasteiger partial charge in [-0.15, -0.1) is 6.58 Å². The Labute approximate surface area is 77.5 Å². The second-order valence-corrected chi connectivity index (χ2v) is 2.63. The summed E-state index contributed by atoms with van der Waals surface area (Å²) in [6, 6.07) is 3.69. The van der Waals surface area contributed by atoms with E-state index < -0.39 is 0 Å². The van der Waals surface area contributed by atoms with Gasteiger partial charge in [0.05, 0.1) is 6.42 Å². The topological polar surface area (TPSA) is 42.0 Å². The third kappa shape index (κ3) is 3.51. The minimum absolute atomic E-state index is 0.00657. The second-order valence-electron chi connectivity index (χ2n) is 2.63. The van der Waals surface area contributed by atoms with E-state index in [1.165, 1.54) is 0 Å². The molecule has 0 saturated carbocycles. The average molecular weight is 176 g/mol. The van der Waals surface area contributed by atoms with E-state index in [4.69, 9.17) is 0 Å². The van der Waals surface area contributed by atoms with Gasteiger partial charge in [-0.3, -0.25) is 9.78 Å². The van der Waals surface area contributed by atoms with E-state index >= 15 is 0 Å². The normalized spacial score (nSPS) is 9.23. The van der Waals surface area contributed by atoms with Crippen LogP contribution in [0.25, 0.3) is 0 Å². The molecule has 68 valence electrons. The highest BCUT2D eigenvalue weighted by molar-refractivity contribution is 5.78. The Morgan fingerprint density at radius 1 is 1.69 bits per heavy atom. The lowest BCUT2D eigenvalue weighted by atomic mass is 10.2. The maximum atomic E-state index is 11.2. The number of hydrogen-bond donors (Lipinski definition) is 1. The summed E-state index contributed by atoms with van der Waals surface area (Å²) in [5, 5.41) is 2.70. The molecular weight excluding hydrogens is 164 g/mol. The molecule has 1 aromatic rings. The summed E-state index contributed by atoms with van der Waals surface area (Å²) >= 11 is 0. The highest BCUT2D eigenvalue weighted by Gasteiger charge is 2.00.